The van der Waals surface area contributed by atoms with E-state index in [0.29, 0.717) is 13.1 Å². The van der Waals surface area contributed by atoms with Crippen LogP contribution in [0, 0.1) is 0 Å². The maximum Gasteiger partial charge on any atom is 0.406 e. The number of carbonyl (C=O) groups is 2. The molecular weight excluding hydrogens is 212 g/mol. The molecule has 0 unspecified atom stereocenters. The minimum Gasteiger partial charge on any atom is -0.453 e. The molecule has 0 aliphatic carbocycles. The third-order valence-electron chi connectivity index (χ3n) is 1.93. The van der Waals surface area contributed by atoms with Gasteiger partial charge in [-0.05, 0) is 6.07 Å². The van der Waals surface area contributed by atoms with E-state index in [-0.39, 0.29) is 6.03 Å². The third kappa shape index (κ3) is 3.26. The molecule has 1 aromatic rings. The zero-order valence-electron chi connectivity index (χ0n) is 9.21. The predicted molar refractivity (Wildman–Crippen MR) is 56.1 cm³/mol. The van der Waals surface area contributed by atoms with Crippen molar-refractivity contribution >= 4 is 12.1 Å². The van der Waals surface area contributed by atoms with Crippen LogP contribution in [0.5, 0.6) is 0 Å². The van der Waals surface area contributed by atoms with Gasteiger partial charge in [-0.1, -0.05) is 0 Å². The second kappa shape index (κ2) is 5.74. The van der Waals surface area contributed by atoms with Crippen molar-refractivity contribution in [3.05, 3.63) is 18.5 Å². The van der Waals surface area contributed by atoms with Gasteiger partial charge < -0.3 is 15.0 Å². The topological polar surface area (TPSA) is 76.5 Å². The molecular formula is C9H14N4O3. The number of amides is 2. The Kier molecular flexibility index (Phi) is 4.31. The highest BCUT2D eigenvalue weighted by Crippen LogP contribution is 1.91. The van der Waals surface area contributed by atoms with E-state index in [9.17, 15) is 9.59 Å². The van der Waals surface area contributed by atoms with Gasteiger partial charge in [-0.2, -0.15) is 9.78 Å². The van der Waals surface area contributed by atoms with Crippen molar-refractivity contribution in [3.63, 3.8) is 0 Å². The summed E-state index contributed by atoms with van der Waals surface area (Å²) in [5.41, 5.74) is 0. The molecule has 0 aromatic carbocycles. The molecule has 0 saturated heterocycles. The van der Waals surface area contributed by atoms with E-state index in [1.54, 1.807) is 19.3 Å². The molecule has 0 aliphatic heterocycles. The first-order chi connectivity index (χ1) is 7.65. The Balaban J connectivity index is 2.33. The van der Waals surface area contributed by atoms with Gasteiger partial charge in [-0.15, -0.1) is 0 Å². The van der Waals surface area contributed by atoms with Crippen LogP contribution in [0.25, 0.3) is 0 Å². The van der Waals surface area contributed by atoms with Gasteiger partial charge in [-0.25, -0.2) is 9.59 Å². The summed E-state index contributed by atoms with van der Waals surface area (Å²) in [7, 11) is 2.91. The minimum absolute atomic E-state index is 0.253. The van der Waals surface area contributed by atoms with Gasteiger partial charge in [0.25, 0.3) is 0 Å². The Morgan fingerprint density at radius 1 is 1.56 bits per heavy atom. The molecule has 0 fully saturated rings. The Morgan fingerprint density at radius 2 is 2.31 bits per heavy atom. The zero-order chi connectivity index (χ0) is 12.0. The van der Waals surface area contributed by atoms with E-state index in [2.05, 4.69) is 15.2 Å². The van der Waals surface area contributed by atoms with Crippen molar-refractivity contribution in [1.82, 2.24) is 20.0 Å². The largest absolute Gasteiger partial charge is 0.453 e. The van der Waals surface area contributed by atoms with Gasteiger partial charge >= 0.3 is 12.1 Å². The minimum atomic E-state index is -0.514. The fourth-order valence-corrected chi connectivity index (χ4v) is 1.05. The number of hydrogen-bond acceptors (Lipinski definition) is 4. The van der Waals surface area contributed by atoms with E-state index < -0.39 is 6.09 Å². The van der Waals surface area contributed by atoms with Crippen molar-refractivity contribution in [1.29, 1.82) is 0 Å². The van der Waals surface area contributed by atoms with Gasteiger partial charge in [0.15, 0.2) is 0 Å². The normalized spacial score (nSPS) is 9.62. The lowest BCUT2D eigenvalue weighted by molar-refractivity contribution is 0.168. The smallest absolute Gasteiger partial charge is 0.406 e. The molecule has 0 radical (unpaired) electrons. The number of rotatable bonds is 3. The number of ether oxygens (including phenoxy) is 1. The fourth-order valence-electron chi connectivity index (χ4n) is 1.05. The van der Waals surface area contributed by atoms with Crippen molar-refractivity contribution < 1.29 is 14.3 Å². The summed E-state index contributed by atoms with van der Waals surface area (Å²) in [4.78, 5) is 23.8. The summed E-state index contributed by atoms with van der Waals surface area (Å²) in [6, 6.07) is 1.41. The Labute approximate surface area is 93.0 Å². The van der Waals surface area contributed by atoms with Gasteiger partial charge in [-0.3, -0.25) is 0 Å². The Morgan fingerprint density at radius 3 is 2.88 bits per heavy atom. The van der Waals surface area contributed by atoms with Crippen LogP contribution in [0.15, 0.2) is 18.5 Å². The van der Waals surface area contributed by atoms with Gasteiger partial charge in [0, 0.05) is 32.5 Å². The van der Waals surface area contributed by atoms with Crippen molar-refractivity contribution in [3.8, 4) is 0 Å². The van der Waals surface area contributed by atoms with E-state index >= 15 is 0 Å². The first-order valence-electron chi connectivity index (χ1n) is 4.72. The summed E-state index contributed by atoms with van der Waals surface area (Å²) in [5, 5.41) is 6.29. The molecule has 1 N–H and O–H groups in total. The quantitative estimate of drug-likeness (QED) is 0.795. The summed E-state index contributed by atoms with van der Waals surface area (Å²) in [6.07, 6.45) is 2.57. The van der Waals surface area contributed by atoms with Crippen LogP contribution in [0.4, 0.5) is 9.59 Å². The molecule has 88 valence electrons. The molecule has 0 bridgehead atoms. The summed E-state index contributed by atoms with van der Waals surface area (Å²) in [5.74, 6) is 0. The first kappa shape index (κ1) is 12.0. The third-order valence-corrected chi connectivity index (χ3v) is 1.93. The van der Waals surface area contributed by atoms with Crippen molar-refractivity contribution in [2.75, 3.05) is 27.2 Å². The number of alkyl carbamates (subject to hydrolysis) is 1. The van der Waals surface area contributed by atoms with Gasteiger partial charge in [0.1, 0.15) is 0 Å². The molecule has 1 aromatic heterocycles. The molecule has 1 heterocycles. The Bertz CT molecular complexity index is 350. The molecule has 0 spiro atoms. The van der Waals surface area contributed by atoms with Crippen LogP contribution >= 0.6 is 0 Å². The maximum atomic E-state index is 11.6. The Hall–Kier alpha value is -2.05. The van der Waals surface area contributed by atoms with E-state index in [0.717, 1.165) is 0 Å². The van der Waals surface area contributed by atoms with E-state index in [1.165, 1.54) is 22.9 Å². The lowest BCUT2D eigenvalue weighted by atomic mass is 10.5. The van der Waals surface area contributed by atoms with Crippen LogP contribution < -0.4 is 5.32 Å². The SMILES string of the molecule is COC(=O)NCCN(C)C(=O)n1cccn1. The van der Waals surface area contributed by atoms with Gasteiger partial charge in [0.05, 0.1) is 7.11 Å². The highest BCUT2D eigenvalue weighted by molar-refractivity contribution is 5.75. The molecule has 0 saturated carbocycles. The van der Waals surface area contributed by atoms with Crippen LogP contribution in [-0.4, -0.2) is 54.1 Å². The molecule has 16 heavy (non-hydrogen) atoms. The maximum absolute atomic E-state index is 11.6. The second-order valence-electron chi connectivity index (χ2n) is 3.07. The molecule has 7 heteroatoms. The van der Waals surface area contributed by atoms with Crippen molar-refractivity contribution in [2.24, 2.45) is 0 Å². The zero-order valence-corrected chi connectivity index (χ0v) is 9.21. The molecule has 0 aliphatic rings. The van der Waals surface area contributed by atoms with E-state index in [4.69, 9.17) is 0 Å². The first-order valence-corrected chi connectivity index (χ1v) is 4.72. The average Bonchev–Trinajstić information content (AvgIpc) is 2.81. The number of nitrogens with one attached hydrogen (secondary N) is 1. The lowest BCUT2D eigenvalue weighted by Crippen LogP contribution is -2.38. The number of methoxy groups -OCH3 is 1. The summed E-state index contributed by atoms with van der Waals surface area (Å²) < 4.78 is 5.61. The molecule has 7 nitrogen and oxygen atoms in total. The number of nitrogens with zero attached hydrogens (tertiary/aromatic N) is 3. The predicted octanol–water partition coefficient (Wildman–Crippen LogP) is 0.139. The van der Waals surface area contributed by atoms with Crippen LogP contribution in [-0.2, 0) is 4.74 Å². The monoisotopic (exact) mass is 226 g/mol. The van der Waals surface area contributed by atoms with Crippen LogP contribution in [0.3, 0.4) is 0 Å². The summed E-state index contributed by atoms with van der Waals surface area (Å²) >= 11 is 0. The lowest BCUT2D eigenvalue weighted by Gasteiger charge is -2.16. The second-order valence-corrected chi connectivity index (χ2v) is 3.07. The fraction of sp³-hybridized carbons (Fsp3) is 0.444. The number of hydrogen-bond donors (Lipinski definition) is 1. The average molecular weight is 226 g/mol. The number of carbonyl (C=O) groups excluding carboxylic acids is 2. The highest BCUT2D eigenvalue weighted by Gasteiger charge is 2.10. The number of likely N-dealkylation sites (N-methyl/N-ethyl adjacent to an activating group) is 1. The van der Waals surface area contributed by atoms with Crippen molar-refractivity contribution in [2.45, 2.75) is 0 Å². The molecule has 2 amide bonds. The van der Waals surface area contributed by atoms with Gasteiger partial charge in [0.2, 0.25) is 0 Å². The van der Waals surface area contributed by atoms with E-state index in [1.807, 2.05) is 0 Å². The summed E-state index contributed by atoms with van der Waals surface area (Å²) in [6.45, 7) is 0.712. The highest BCUT2D eigenvalue weighted by atomic mass is 16.5. The molecule has 1 rings (SSSR count). The van der Waals surface area contributed by atoms with Crippen LogP contribution in [0.2, 0.25) is 0 Å². The standard InChI is InChI=1S/C9H14N4O3/c1-12(7-5-10-8(14)16-2)9(15)13-6-3-4-11-13/h3-4,6H,5,7H2,1-2H3,(H,10,14). The number of aromatic nitrogens is 2. The van der Waals surface area contributed by atoms with Crippen LogP contribution in [0.1, 0.15) is 0 Å². The molecule has 0 atom stereocenters.